The van der Waals surface area contributed by atoms with Crippen LogP contribution >= 0.6 is 15.9 Å². The number of anilines is 1. The van der Waals surface area contributed by atoms with E-state index >= 15 is 0 Å². The van der Waals surface area contributed by atoms with Gasteiger partial charge in [-0.15, -0.1) is 0 Å². The van der Waals surface area contributed by atoms with Crippen LogP contribution in [0.25, 0.3) is 22.2 Å². The molecule has 45 heavy (non-hydrogen) atoms. The Hall–Kier alpha value is -4.63. The van der Waals surface area contributed by atoms with Gasteiger partial charge in [0.15, 0.2) is 12.4 Å². The number of rotatable bonds is 7. The third-order valence-corrected chi connectivity index (χ3v) is 9.77. The number of carbonyl (C=O) groups excluding carboxylic acids is 4. The summed E-state index contributed by atoms with van der Waals surface area (Å²) in [5.74, 6) is -1.02. The third-order valence-electron chi connectivity index (χ3n) is 9.32. The van der Waals surface area contributed by atoms with Gasteiger partial charge in [0.05, 0.1) is 41.4 Å². The number of imide groups is 1. The van der Waals surface area contributed by atoms with Gasteiger partial charge < -0.3 is 9.47 Å². The van der Waals surface area contributed by atoms with Crippen molar-refractivity contribution >= 4 is 56.1 Å². The molecule has 1 saturated heterocycles. The van der Waals surface area contributed by atoms with Gasteiger partial charge in [-0.1, -0.05) is 51.8 Å². The van der Waals surface area contributed by atoms with Gasteiger partial charge in [0, 0.05) is 21.0 Å². The Morgan fingerprint density at radius 1 is 0.978 bits per heavy atom. The molecule has 0 radical (unpaired) electrons. The zero-order valence-electron chi connectivity index (χ0n) is 24.9. The van der Waals surface area contributed by atoms with Gasteiger partial charge in [-0.25, -0.2) is 9.78 Å². The molecule has 9 heteroatoms. The van der Waals surface area contributed by atoms with Crippen molar-refractivity contribution in [1.82, 2.24) is 4.98 Å². The van der Waals surface area contributed by atoms with Crippen molar-refractivity contribution in [1.29, 1.82) is 0 Å². The normalized spacial score (nSPS) is 21.7. The summed E-state index contributed by atoms with van der Waals surface area (Å²) in [6, 6.07) is 19.1. The largest absolute Gasteiger partial charge is 0.497 e. The lowest BCUT2D eigenvalue weighted by atomic mass is 9.82. The molecule has 1 aliphatic heterocycles. The number of ketones is 1. The molecule has 226 valence electrons. The van der Waals surface area contributed by atoms with Crippen LogP contribution in [0, 0.1) is 30.6 Å². The van der Waals surface area contributed by atoms with Crippen molar-refractivity contribution < 1.29 is 28.7 Å². The molecule has 4 atom stereocenters. The van der Waals surface area contributed by atoms with Crippen LogP contribution in [0.4, 0.5) is 5.69 Å². The van der Waals surface area contributed by atoms with Gasteiger partial charge in [-0.2, -0.15) is 0 Å². The van der Waals surface area contributed by atoms with Gasteiger partial charge in [-0.3, -0.25) is 19.3 Å². The zero-order chi connectivity index (χ0) is 31.6. The molecule has 2 fully saturated rings. The first-order chi connectivity index (χ1) is 21.6. The molecule has 1 saturated carbocycles. The smallest absolute Gasteiger partial charge is 0.339 e. The highest BCUT2D eigenvalue weighted by Crippen LogP contribution is 2.56. The second-order valence-corrected chi connectivity index (χ2v) is 12.8. The van der Waals surface area contributed by atoms with E-state index < -0.39 is 12.6 Å². The highest BCUT2D eigenvalue weighted by molar-refractivity contribution is 9.10. The first kappa shape index (κ1) is 29.1. The van der Waals surface area contributed by atoms with Crippen LogP contribution < -0.4 is 9.64 Å². The van der Waals surface area contributed by atoms with Crippen LogP contribution in [0.2, 0.25) is 0 Å². The molecule has 2 amide bonds. The molecular weight excluding hydrogens is 636 g/mol. The Bertz CT molecular complexity index is 1970. The average Bonchev–Trinajstić information content (AvgIpc) is 3.68. The molecule has 8 nitrogen and oxygen atoms in total. The number of hydrogen-bond acceptors (Lipinski definition) is 7. The van der Waals surface area contributed by atoms with E-state index in [1.54, 1.807) is 60.7 Å². The highest BCUT2D eigenvalue weighted by Gasteiger charge is 2.60. The Morgan fingerprint density at radius 2 is 1.73 bits per heavy atom. The molecule has 2 heterocycles. The van der Waals surface area contributed by atoms with Crippen LogP contribution in [-0.4, -0.2) is 42.3 Å². The van der Waals surface area contributed by atoms with E-state index in [4.69, 9.17) is 14.5 Å². The number of nitrogens with zero attached hydrogens (tertiary/aromatic N) is 2. The number of fused-ring (bicyclic) bond motifs is 6. The van der Waals surface area contributed by atoms with Gasteiger partial charge in [0.25, 0.3) is 0 Å². The number of allylic oxidation sites excluding steroid dienone is 2. The molecule has 3 aliphatic rings. The molecule has 2 aliphatic carbocycles. The summed E-state index contributed by atoms with van der Waals surface area (Å²) >= 11 is 3.51. The summed E-state index contributed by atoms with van der Waals surface area (Å²) in [7, 11) is 1.51. The van der Waals surface area contributed by atoms with Gasteiger partial charge in [-0.05, 0) is 80.1 Å². The highest BCUT2D eigenvalue weighted by atomic mass is 79.9. The van der Waals surface area contributed by atoms with Crippen molar-refractivity contribution in [3.63, 3.8) is 0 Å². The van der Waals surface area contributed by atoms with Crippen LogP contribution in [0.5, 0.6) is 5.75 Å². The predicted molar refractivity (Wildman–Crippen MR) is 172 cm³/mol. The maximum absolute atomic E-state index is 13.5. The number of methoxy groups -OCH3 is 1. The first-order valence-corrected chi connectivity index (χ1v) is 15.6. The second kappa shape index (κ2) is 11.1. The summed E-state index contributed by atoms with van der Waals surface area (Å²) < 4.78 is 11.5. The summed E-state index contributed by atoms with van der Waals surface area (Å²) in [5.41, 5.74) is 5.04. The maximum Gasteiger partial charge on any atom is 0.339 e. The average molecular weight is 666 g/mol. The molecule has 0 spiro atoms. The minimum absolute atomic E-state index is 0.128. The summed E-state index contributed by atoms with van der Waals surface area (Å²) in [5, 5.41) is 0.583. The molecule has 4 aromatic rings. The number of amides is 2. The number of hydrogen-bond donors (Lipinski definition) is 0. The number of halogens is 1. The minimum atomic E-state index is -0.660. The number of aromatic nitrogens is 1. The number of aryl methyl sites for hydroxylation is 1. The number of pyridine rings is 1. The lowest BCUT2D eigenvalue weighted by Crippen LogP contribution is -2.32. The van der Waals surface area contributed by atoms with Crippen molar-refractivity contribution in [3.05, 3.63) is 99.5 Å². The number of benzene rings is 3. The topological polar surface area (TPSA) is 103 Å². The number of carbonyl (C=O) groups is 4. The first-order valence-electron chi connectivity index (χ1n) is 14.8. The second-order valence-electron chi connectivity index (χ2n) is 11.9. The molecule has 7 rings (SSSR count). The Morgan fingerprint density at radius 3 is 2.49 bits per heavy atom. The SMILES string of the molecule is COc1cccc(C(=O)COC(=O)c2cc(-c3ccc(N4C(=O)C5C6C=C(C)C(C6)C5C4=O)cc3)nc3c(C)cc(Br)cc23)c1. The van der Waals surface area contributed by atoms with Crippen molar-refractivity contribution in [2.75, 3.05) is 18.6 Å². The molecule has 2 bridgehead atoms. The van der Waals surface area contributed by atoms with Crippen LogP contribution in [0.1, 0.15) is 39.6 Å². The van der Waals surface area contributed by atoms with E-state index in [1.807, 2.05) is 13.0 Å². The Kier molecular flexibility index (Phi) is 7.16. The van der Waals surface area contributed by atoms with Crippen LogP contribution in [-0.2, 0) is 14.3 Å². The molecule has 3 aromatic carbocycles. The summed E-state index contributed by atoms with van der Waals surface area (Å²) in [6.07, 6.45) is 3.04. The third kappa shape index (κ3) is 4.86. The predicted octanol–water partition coefficient (Wildman–Crippen LogP) is 6.72. The lowest BCUT2D eigenvalue weighted by molar-refractivity contribution is -0.123. The molecule has 4 unspecified atom stereocenters. The molecule has 1 aromatic heterocycles. The quantitative estimate of drug-likeness (QED) is 0.0935. The zero-order valence-corrected chi connectivity index (χ0v) is 26.5. The molecule has 0 N–H and O–H groups in total. The lowest BCUT2D eigenvalue weighted by Gasteiger charge is -2.19. The number of ether oxygens (including phenoxy) is 2. The van der Waals surface area contributed by atoms with E-state index in [2.05, 4.69) is 28.9 Å². The van der Waals surface area contributed by atoms with Gasteiger partial charge >= 0.3 is 5.97 Å². The van der Waals surface area contributed by atoms with Crippen molar-refractivity contribution in [3.8, 4) is 17.0 Å². The fourth-order valence-electron chi connectivity index (χ4n) is 7.17. The standard InChI is InChI=1S/C36H29BrN2O6/c1-18-11-22-14-26(18)32-31(22)34(41)39(35(32)42)24-9-7-20(8-10-24)29-16-28(27-15-23(37)12-19(2)33(27)38-29)36(43)45-17-30(40)21-5-4-6-25(13-21)44-3/h4-13,15-16,22,26,31-32H,14,17H2,1-3H3. The van der Waals surface area contributed by atoms with Crippen molar-refractivity contribution in [2.24, 2.45) is 23.7 Å². The van der Waals surface area contributed by atoms with Crippen LogP contribution in [0.3, 0.4) is 0 Å². The summed E-state index contributed by atoms with van der Waals surface area (Å²) in [4.78, 5) is 59.3. The summed E-state index contributed by atoms with van der Waals surface area (Å²) in [6.45, 7) is 3.51. The fourth-order valence-corrected chi connectivity index (χ4v) is 7.74. The van der Waals surface area contributed by atoms with Crippen molar-refractivity contribution in [2.45, 2.75) is 20.3 Å². The van der Waals surface area contributed by atoms with E-state index in [0.29, 0.717) is 39.2 Å². The van der Waals surface area contributed by atoms with Crippen LogP contribution in [0.15, 0.2) is 82.9 Å². The van der Waals surface area contributed by atoms with E-state index in [9.17, 15) is 19.2 Å². The Balaban J connectivity index is 1.18. The van der Waals surface area contributed by atoms with E-state index in [1.165, 1.54) is 17.6 Å². The minimum Gasteiger partial charge on any atom is -0.497 e. The van der Waals surface area contributed by atoms with Gasteiger partial charge in [0.1, 0.15) is 5.75 Å². The van der Waals surface area contributed by atoms with E-state index in [0.717, 1.165) is 16.5 Å². The Labute approximate surface area is 268 Å². The maximum atomic E-state index is 13.5. The van der Waals surface area contributed by atoms with Gasteiger partial charge in [0.2, 0.25) is 11.8 Å². The number of Topliss-reactive ketones (excluding diaryl/α,β-unsaturated/α-hetero) is 1. The number of esters is 1. The molecular formula is C36H29BrN2O6. The monoisotopic (exact) mass is 664 g/mol. The fraction of sp³-hybridized carbons (Fsp3) is 0.250. The van der Waals surface area contributed by atoms with E-state index in [-0.39, 0.29) is 46.8 Å².